The first-order valence-electron chi connectivity index (χ1n) is 5.37. The Kier molecular flexibility index (Phi) is 5.49. The molecule has 0 aliphatic carbocycles. The van der Waals surface area contributed by atoms with Crippen molar-refractivity contribution in [3.05, 3.63) is 11.1 Å². The number of aliphatic hydroxyl groups excluding tert-OH is 1. The highest BCUT2D eigenvalue weighted by atomic mass is 19.3. The first-order valence-corrected chi connectivity index (χ1v) is 5.37. The van der Waals surface area contributed by atoms with Crippen molar-refractivity contribution in [1.29, 1.82) is 0 Å². The second-order valence-corrected chi connectivity index (χ2v) is 4.28. The zero-order valence-corrected chi connectivity index (χ0v) is 10.6. The van der Waals surface area contributed by atoms with E-state index in [9.17, 15) is 26.7 Å². The lowest BCUT2D eigenvalue weighted by molar-refractivity contribution is -0.217. The maximum atomic E-state index is 13.7. The van der Waals surface area contributed by atoms with Gasteiger partial charge in [-0.25, -0.2) is 9.18 Å². The molecule has 0 heterocycles. The molecule has 8 heteroatoms. The van der Waals surface area contributed by atoms with E-state index in [0.717, 1.165) is 6.92 Å². The molecule has 0 aromatic rings. The molecule has 0 aromatic heterocycles. The van der Waals surface area contributed by atoms with Gasteiger partial charge in [0, 0.05) is 17.6 Å². The number of carboxylic acid groups (broad SMARTS) is 1. The molecule has 0 rings (SSSR count). The van der Waals surface area contributed by atoms with Gasteiger partial charge < -0.3 is 10.2 Å². The monoisotopic (exact) mass is 290 g/mol. The van der Waals surface area contributed by atoms with Gasteiger partial charge in [-0.15, -0.1) is 0 Å². The second kappa shape index (κ2) is 5.85. The summed E-state index contributed by atoms with van der Waals surface area (Å²) in [5, 5.41) is 17.6. The molecule has 112 valence electrons. The number of aliphatic carboxylic acids is 1. The zero-order valence-electron chi connectivity index (χ0n) is 10.6. The molecular formula is C11H15F5O3. The molecule has 0 aromatic carbocycles. The largest absolute Gasteiger partial charge is 0.478 e. The molecule has 2 N–H and O–H groups in total. The number of alkyl halides is 5. The van der Waals surface area contributed by atoms with Gasteiger partial charge in [0.05, 0.1) is 6.10 Å². The number of halogens is 5. The van der Waals surface area contributed by atoms with Gasteiger partial charge in [0.1, 0.15) is 0 Å². The van der Waals surface area contributed by atoms with Gasteiger partial charge in [-0.3, -0.25) is 0 Å². The Morgan fingerprint density at radius 1 is 1.21 bits per heavy atom. The topological polar surface area (TPSA) is 57.5 Å². The lowest BCUT2D eigenvalue weighted by Crippen LogP contribution is -2.49. The fourth-order valence-corrected chi connectivity index (χ4v) is 1.39. The van der Waals surface area contributed by atoms with Crippen LogP contribution in [0.15, 0.2) is 11.1 Å². The van der Waals surface area contributed by atoms with E-state index in [-0.39, 0.29) is 6.92 Å². The number of rotatable bonds is 6. The quantitative estimate of drug-likeness (QED) is 0.584. The van der Waals surface area contributed by atoms with Gasteiger partial charge in [0.25, 0.3) is 0 Å². The predicted molar refractivity (Wildman–Crippen MR) is 57.1 cm³/mol. The maximum absolute atomic E-state index is 13.7. The lowest BCUT2D eigenvalue weighted by atomic mass is 9.91. The standard InChI is InChI=1S/C11H15F5O3/c1-5(17)4-8(6(2)9(18)19)11(15,16)10(13,14)7(3)12/h5,7,17H,4H2,1-3H3,(H,18,19). The summed E-state index contributed by atoms with van der Waals surface area (Å²) >= 11 is 0. The Hall–Kier alpha value is -1.18. The number of carboxylic acids is 1. The van der Waals surface area contributed by atoms with E-state index in [1.165, 1.54) is 0 Å². The van der Waals surface area contributed by atoms with Crippen molar-refractivity contribution in [2.24, 2.45) is 0 Å². The van der Waals surface area contributed by atoms with Crippen LogP contribution in [-0.4, -0.2) is 40.3 Å². The summed E-state index contributed by atoms with van der Waals surface area (Å²) in [6.07, 6.45) is -5.64. The third-order valence-electron chi connectivity index (χ3n) is 2.57. The second-order valence-electron chi connectivity index (χ2n) is 4.28. The third kappa shape index (κ3) is 3.65. The lowest BCUT2D eigenvalue weighted by Gasteiger charge is -2.31. The smallest absolute Gasteiger partial charge is 0.344 e. The van der Waals surface area contributed by atoms with Gasteiger partial charge in [0.2, 0.25) is 0 Å². The molecule has 3 nitrogen and oxygen atoms in total. The fourth-order valence-electron chi connectivity index (χ4n) is 1.39. The van der Waals surface area contributed by atoms with Crippen molar-refractivity contribution >= 4 is 5.97 Å². The minimum atomic E-state index is -5.06. The zero-order chi connectivity index (χ0) is 15.6. The van der Waals surface area contributed by atoms with E-state index in [1.54, 1.807) is 0 Å². The predicted octanol–water partition coefficient (Wildman–Crippen LogP) is 2.79. The van der Waals surface area contributed by atoms with Crippen LogP contribution in [0.3, 0.4) is 0 Å². The highest BCUT2D eigenvalue weighted by Crippen LogP contribution is 2.45. The van der Waals surface area contributed by atoms with E-state index in [4.69, 9.17) is 10.2 Å². The van der Waals surface area contributed by atoms with Crippen molar-refractivity contribution in [3.8, 4) is 0 Å². The van der Waals surface area contributed by atoms with Crippen LogP contribution in [0.5, 0.6) is 0 Å². The Labute approximate surface area is 106 Å². The number of aliphatic hydroxyl groups is 1. The van der Waals surface area contributed by atoms with E-state index < -0.39 is 47.7 Å². The van der Waals surface area contributed by atoms with Gasteiger partial charge in [-0.2, -0.15) is 17.6 Å². The number of carbonyl (C=O) groups is 1. The molecule has 0 aliphatic rings. The maximum Gasteiger partial charge on any atom is 0.344 e. The highest BCUT2D eigenvalue weighted by molar-refractivity contribution is 5.87. The molecule has 2 atom stereocenters. The van der Waals surface area contributed by atoms with Gasteiger partial charge in [0.15, 0.2) is 6.17 Å². The first-order chi connectivity index (χ1) is 8.35. The minimum Gasteiger partial charge on any atom is -0.478 e. The molecule has 0 saturated carbocycles. The summed E-state index contributed by atoms with van der Waals surface area (Å²) in [6, 6.07) is 0. The van der Waals surface area contributed by atoms with Gasteiger partial charge >= 0.3 is 17.8 Å². The summed E-state index contributed by atoms with van der Waals surface area (Å²) in [4.78, 5) is 10.7. The van der Waals surface area contributed by atoms with Crippen LogP contribution in [-0.2, 0) is 4.79 Å². The fraction of sp³-hybridized carbons (Fsp3) is 0.727. The molecule has 0 radical (unpaired) electrons. The van der Waals surface area contributed by atoms with Crippen molar-refractivity contribution in [2.75, 3.05) is 0 Å². The van der Waals surface area contributed by atoms with E-state index >= 15 is 0 Å². The molecule has 0 bridgehead atoms. The normalized spacial score (nSPS) is 17.7. The van der Waals surface area contributed by atoms with Crippen LogP contribution in [0.25, 0.3) is 0 Å². The molecule has 0 amide bonds. The molecule has 19 heavy (non-hydrogen) atoms. The van der Waals surface area contributed by atoms with Crippen LogP contribution >= 0.6 is 0 Å². The Bertz CT molecular complexity index is 375. The molecular weight excluding hydrogens is 275 g/mol. The summed E-state index contributed by atoms with van der Waals surface area (Å²) in [7, 11) is 0. The molecule has 0 aliphatic heterocycles. The van der Waals surface area contributed by atoms with Crippen LogP contribution < -0.4 is 0 Å². The Morgan fingerprint density at radius 3 is 1.89 bits per heavy atom. The van der Waals surface area contributed by atoms with Crippen molar-refractivity contribution in [2.45, 2.75) is 51.3 Å². The van der Waals surface area contributed by atoms with Crippen molar-refractivity contribution < 1.29 is 37.0 Å². The van der Waals surface area contributed by atoms with Crippen molar-refractivity contribution in [1.82, 2.24) is 0 Å². The van der Waals surface area contributed by atoms with E-state index in [0.29, 0.717) is 6.92 Å². The highest BCUT2D eigenvalue weighted by Gasteiger charge is 2.62. The summed E-state index contributed by atoms with van der Waals surface area (Å²) in [5.74, 6) is -11.9. The van der Waals surface area contributed by atoms with Crippen molar-refractivity contribution in [3.63, 3.8) is 0 Å². The summed E-state index contributed by atoms with van der Waals surface area (Å²) in [5.41, 5.74) is -2.52. The SMILES string of the molecule is CC(C(=O)O)=C(CC(C)O)C(F)(F)C(F)(F)C(C)F. The Balaban J connectivity index is 5.88. The van der Waals surface area contributed by atoms with Gasteiger partial charge in [-0.05, 0) is 20.8 Å². The van der Waals surface area contributed by atoms with Crippen LogP contribution in [0.4, 0.5) is 22.0 Å². The number of hydrogen-bond acceptors (Lipinski definition) is 2. The average Bonchev–Trinajstić information content (AvgIpc) is 2.23. The number of hydrogen-bond donors (Lipinski definition) is 2. The Morgan fingerprint density at radius 2 is 1.63 bits per heavy atom. The summed E-state index contributed by atoms with van der Waals surface area (Å²) in [6.45, 7) is 1.99. The van der Waals surface area contributed by atoms with Crippen LogP contribution in [0.2, 0.25) is 0 Å². The first kappa shape index (κ1) is 17.8. The molecule has 0 fully saturated rings. The third-order valence-corrected chi connectivity index (χ3v) is 2.57. The van der Waals surface area contributed by atoms with Crippen LogP contribution in [0, 0.1) is 0 Å². The molecule has 0 spiro atoms. The minimum absolute atomic E-state index is 0.254. The van der Waals surface area contributed by atoms with Crippen LogP contribution in [0.1, 0.15) is 27.2 Å². The average molecular weight is 290 g/mol. The molecule has 0 saturated heterocycles. The van der Waals surface area contributed by atoms with E-state index in [2.05, 4.69) is 0 Å². The van der Waals surface area contributed by atoms with Gasteiger partial charge in [-0.1, -0.05) is 0 Å². The molecule has 2 unspecified atom stereocenters. The summed E-state index contributed by atoms with van der Waals surface area (Å²) < 4.78 is 66.4. The van der Waals surface area contributed by atoms with E-state index in [1.807, 2.05) is 0 Å².